The first-order valence-electron chi connectivity index (χ1n) is 5.41. The van der Waals surface area contributed by atoms with Gasteiger partial charge in [0.15, 0.2) is 0 Å². The molecule has 1 heterocycles. The average Bonchev–Trinajstić information content (AvgIpc) is 2.77. The number of hydrogen-bond acceptors (Lipinski definition) is 4. The van der Waals surface area contributed by atoms with Crippen molar-refractivity contribution in [2.24, 2.45) is 0 Å². The molecule has 0 aliphatic heterocycles. The molecule has 100 valence electrons. The third kappa shape index (κ3) is 3.30. The molecule has 2 aromatic rings. The summed E-state index contributed by atoms with van der Waals surface area (Å²) in [6, 6.07) is 2.49. The molecule has 0 aliphatic rings. The van der Waals surface area contributed by atoms with E-state index in [9.17, 15) is 9.18 Å². The highest BCUT2D eigenvalue weighted by Crippen LogP contribution is 2.23. The van der Waals surface area contributed by atoms with Crippen molar-refractivity contribution >= 4 is 38.9 Å². The number of halogens is 2. The molecule has 0 saturated carbocycles. The number of hydrogen-bond donors (Lipinski definition) is 2. The van der Waals surface area contributed by atoms with E-state index in [0.717, 1.165) is 9.88 Å². The standard InChI is InChI=1S/C12H11BrFN3OS/c1-6-16-4-7(19-6)5-17-12(18)8-2-11(15)10(14)3-9(8)13/h2-4H,5,15H2,1H3,(H,17,18). The van der Waals surface area contributed by atoms with E-state index in [4.69, 9.17) is 5.73 Å². The maximum absolute atomic E-state index is 13.2. The number of rotatable bonds is 3. The maximum atomic E-state index is 13.2. The number of nitrogen functional groups attached to an aromatic ring is 1. The Balaban J connectivity index is 2.10. The van der Waals surface area contributed by atoms with Crippen LogP contribution in [0.3, 0.4) is 0 Å². The van der Waals surface area contributed by atoms with Crippen LogP contribution in [0.25, 0.3) is 0 Å². The second kappa shape index (κ2) is 5.66. The first-order chi connectivity index (χ1) is 8.97. The monoisotopic (exact) mass is 343 g/mol. The second-order valence-corrected chi connectivity index (χ2v) is 6.06. The minimum atomic E-state index is -0.554. The fraction of sp³-hybridized carbons (Fsp3) is 0.167. The SMILES string of the molecule is Cc1ncc(CNC(=O)c2cc(N)c(F)cc2Br)s1. The summed E-state index contributed by atoms with van der Waals surface area (Å²) in [4.78, 5) is 17.0. The van der Waals surface area contributed by atoms with Crippen LogP contribution in [-0.4, -0.2) is 10.9 Å². The molecule has 1 amide bonds. The van der Waals surface area contributed by atoms with Crippen LogP contribution in [0.4, 0.5) is 10.1 Å². The van der Waals surface area contributed by atoms with Crippen LogP contribution in [0.2, 0.25) is 0 Å². The molecule has 0 fully saturated rings. The summed E-state index contributed by atoms with van der Waals surface area (Å²) in [7, 11) is 0. The second-order valence-electron chi connectivity index (χ2n) is 3.88. The predicted molar refractivity (Wildman–Crippen MR) is 76.5 cm³/mol. The van der Waals surface area contributed by atoms with Crippen LogP contribution < -0.4 is 11.1 Å². The lowest BCUT2D eigenvalue weighted by atomic mass is 10.2. The zero-order valence-corrected chi connectivity index (χ0v) is 12.4. The van der Waals surface area contributed by atoms with E-state index in [1.165, 1.54) is 23.5 Å². The van der Waals surface area contributed by atoms with Gasteiger partial charge in [0.05, 0.1) is 22.8 Å². The van der Waals surface area contributed by atoms with E-state index < -0.39 is 5.82 Å². The first-order valence-corrected chi connectivity index (χ1v) is 7.02. The Morgan fingerprint density at radius 3 is 2.95 bits per heavy atom. The number of anilines is 1. The zero-order valence-electron chi connectivity index (χ0n) is 10.0. The molecule has 4 nitrogen and oxygen atoms in total. The van der Waals surface area contributed by atoms with Crippen LogP contribution in [0.1, 0.15) is 20.2 Å². The number of nitrogens with zero attached hydrogens (tertiary/aromatic N) is 1. The molecular formula is C12H11BrFN3OS. The van der Waals surface area contributed by atoms with Gasteiger partial charge >= 0.3 is 0 Å². The predicted octanol–water partition coefficient (Wildman–Crippen LogP) is 2.87. The van der Waals surface area contributed by atoms with Crippen molar-refractivity contribution in [1.82, 2.24) is 10.3 Å². The van der Waals surface area contributed by atoms with Gasteiger partial charge in [0.2, 0.25) is 0 Å². The molecule has 1 aromatic carbocycles. The minimum absolute atomic E-state index is 0.0537. The third-order valence-electron chi connectivity index (χ3n) is 2.42. The summed E-state index contributed by atoms with van der Waals surface area (Å²) in [5, 5.41) is 3.68. The van der Waals surface area contributed by atoms with E-state index in [1.807, 2.05) is 6.92 Å². The first kappa shape index (κ1) is 14.0. The van der Waals surface area contributed by atoms with Gasteiger partial charge in [-0.1, -0.05) is 0 Å². The van der Waals surface area contributed by atoms with E-state index in [2.05, 4.69) is 26.2 Å². The lowest BCUT2D eigenvalue weighted by Gasteiger charge is -2.07. The fourth-order valence-electron chi connectivity index (χ4n) is 1.49. The van der Waals surface area contributed by atoms with Crippen LogP contribution in [0.15, 0.2) is 22.8 Å². The molecule has 2 rings (SSSR count). The highest BCUT2D eigenvalue weighted by atomic mass is 79.9. The summed E-state index contributed by atoms with van der Waals surface area (Å²) in [6.07, 6.45) is 1.72. The molecule has 1 aromatic heterocycles. The lowest BCUT2D eigenvalue weighted by molar-refractivity contribution is 0.0950. The smallest absolute Gasteiger partial charge is 0.252 e. The number of carbonyl (C=O) groups excluding carboxylic acids is 1. The zero-order chi connectivity index (χ0) is 14.0. The van der Waals surface area contributed by atoms with Crippen molar-refractivity contribution in [2.45, 2.75) is 13.5 Å². The quantitative estimate of drug-likeness (QED) is 0.842. The molecule has 0 radical (unpaired) electrons. The van der Waals surface area contributed by atoms with Crippen LogP contribution >= 0.6 is 27.3 Å². The minimum Gasteiger partial charge on any atom is -0.396 e. The number of thiazole rings is 1. The molecule has 0 spiro atoms. The molecule has 0 unspecified atom stereocenters. The molecule has 19 heavy (non-hydrogen) atoms. The molecule has 7 heteroatoms. The van der Waals surface area contributed by atoms with Gasteiger partial charge < -0.3 is 11.1 Å². The van der Waals surface area contributed by atoms with Crippen molar-refractivity contribution in [3.63, 3.8) is 0 Å². The van der Waals surface area contributed by atoms with Gasteiger partial charge in [0.25, 0.3) is 5.91 Å². The fourth-order valence-corrected chi connectivity index (χ4v) is 2.72. The number of nitrogens with one attached hydrogen (secondary N) is 1. The van der Waals surface area contributed by atoms with Gasteiger partial charge in [0, 0.05) is 15.5 Å². The molecule has 0 aliphatic carbocycles. The number of benzene rings is 1. The number of aryl methyl sites for hydroxylation is 1. The van der Waals surface area contributed by atoms with Crippen LogP contribution in [0.5, 0.6) is 0 Å². The van der Waals surface area contributed by atoms with Gasteiger partial charge in [-0.3, -0.25) is 4.79 Å². The molecule has 3 N–H and O–H groups in total. The highest BCUT2D eigenvalue weighted by Gasteiger charge is 2.13. The largest absolute Gasteiger partial charge is 0.396 e. The van der Waals surface area contributed by atoms with Gasteiger partial charge in [0.1, 0.15) is 5.82 Å². The summed E-state index contributed by atoms with van der Waals surface area (Å²) in [5.74, 6) is -0.869. The Labute approximate surface area is 122 Å². The van der Waals surface area contributed by atoms with Crippen molar-refractivity contribution in [2.75, 3.05) is 5.73 Å². The Bertz CT molecular complexity index is 629. The lowest BCUT2D eigenvalue weighted by Crippen LogP contribution is -2.23. The van der Waals surface area contributed by atoms with Gasteiger partial charge in [-0.05, 0) is 35.0 Å². The van der Waals surface area contributed by atoms with Crippen molar-refractivity contribution in [1.29, 1.82) is 0 Å². The van der Waals surface area contributed by atoms with Crippen molar-refractivity contribution < 1.29 is 9.18 Å². The summed E-state index contributed by atoms with van der Waals surface area (Å²) in [5.41, 5.74) is 5.71. The Hall–Kier alpha value is -1.47. The summed E-state index contributed by atoms with van der Waals surface area (Å²) >= 11 is 4.66. The Morgan fingerprint density at radius 1 is 1.58 bits per heavy atom. The Morgan fingerprint density at radius 2 is 2.32 bits per heavy atom. The van der Waals surface area contributed by atoms with E-state index in [0.29, 0.717) is 16.6 Å². The van der Waals surface area contributed by atoms with Gasteiger partial charge in [-0.15, -0.1) is 11.3 Å². The molecule has 0 atom stereocenters. The van der Waals surface area contributed by atoms with Crippen molar-refractivity contribution in [3.05, 3.63) is 44.1 Å². The van der Waals surface area contributed by atoms with Crippen LogP contribution in [0, 0.1) is 12.7 Å². The normalized spacial score (nSPS) is 10.5. The van der Waals surface area contributed by atoms with Crippen LogP contribution in [-0.2, 0) is 6.54 Å². The summed E-state index contributed by atoms with van der Waals surface area (Å²) < 4.78 is 13.6. The molecule has 0 saturated heterocycles. The molecular weight excluding hydrogens is 333 g/mol. The van der Waals surface area contributed by atoms with Gasteiger partial charge in [-0.2, -0.15) is 0 Å². The third-order valence-corrected chi connectivity index (χ3v) is 3.99. The number of carbonyl (C=O) groups is 1. The number of aromatic nitrogens is 1. The average molecular weight is 344 g/mol. The molecule has 0 bridgehead atoms. The number of amides is 1. The van der Waals surface area contributed by atoms with E-state index >= 15 is 0 Å². The van der Waals surface area contributed by atoms with Gasteiger partial charge in [-0.25, -0.2) is 9.37 Å². The Kier molecular flexibility index (Phi) is 4.16. The maximum Gasteiger partial charge on any atom is 0.252 e. The van der Waals surface area contributed by atoms with E-state index in [-0.39, 0.29) is 11.6 Å². The number of nitrogens with two attached hydrogens (primary N) is 1. The van der Waals surface area contributed by atoms with E-state index in [1.54, 1.807) is 6.20 Å². The topological polar surface area (TPSA) is 68.0 Å². The highest BCUT2D eigenvalue weighted by molar-refractivity contribution is 9.10. The summed E-state index contributed by atoms with van der Waals surface area (Å²) in [6.45, 7) is 2.28. The van der Waals surface area contributed by atoms with Crippen molar-refractivity contribution in [3.8, 4) is 0 Å².